The lowest BCUT2D eigenvalue weighted by atomic mass is 10.0. The minimum atomic E-state index is -0.622. The van der Waals surface area contributed by atoms with Gasteiger partial charge in [-0.2, -0.15) is 0 Å². The van der Waals surface area contributed by atoms with Crippen LogP contribution in [-0.4, -0.2) is 20.0 Å². The normalized spacial score (nSPS) is 10.6. The second kappa shape index (κ2) is 4.18. The summed E-state index contributed by atoms with van der Waals surface area (Å²) in [5.41, 5.74) is 6.50. The maximum atomic E-state index is 11.7. The number of fused-ring (bicyclic) bond motifs is 1. The van der Waals surface area contributed by atoms with Crippen LogP contribution in [0.3, 0.4) is 0 Å². The Kier molecular flexibility index (Phi) is 2.82. The maximum absolute atomic E-state index is 11.7. The molecule has 2 rings (SSSR count). The number of carbonyl (C=O) groups excluding carboxylic acids is 1. The number of rotatable bonds is 2. The summed E-state index contributed by atoms with van der Waals surface area (Å²) < 4.78 is 5.18. The van der Waals surface area contributed by atoms with Crippen LogP contribution < -0.4 is 16.3 Å². The second-order valence-electron chi connectivity index (χ2n) is 4.33. The number of hydrogen-bond acceptors (Lipinski definition) is 4. The molecule has 18 heavy (non-hydrogen) atoms. The first-order valence-electron chi connectivity index (χ1n) is 5.46. The van der Waals surface area contributed by atoms with E-state index in [4.69, 9.17) is 10.2 Å². The summed E-state index contributed by atoms with van der Waals surface area (Å²) in [6.45, 7) is 1.53. The molecule has 5 nitrogen and oxygen atoms in total. The monoisotopic (exact) mass is 246 g/mol. The third-order valence-electron chi connectivity index (χ3n) is 2.88. The van der Waals surface area contributed by atoms with E-state index in [1.165, 1.54) is 6.92 Å². The molecule has 0 saturated carbocycles. The number of hydrogen-bond donors (Lipinski definition) is 1. The first kappa shape index (κ1) is 12.2. The smallest absolute Gasteiger partial charge is 0.339 e. The average Bonchev–Trinajstić information content (AvgIpc) is 2.29. The van der Waals surface area contributed by atoms with Crippen molar-refractivity contribution in [2.24, 2.45) is 5.73 Å². The average molecular weight is 246 g/mol. The molecule has 94 valence electrons. The molecule has 1 aromatic carbocycles. The molecule has 0 bridgehead atoms. The summed E-state index contributed by atoms with van der Waals surface area (Å²) in [5, 5.41) is 0.560. The highest BCUT2D eigenvalue weighted by Crippen LogP contribution is 2.24. The van der Waals surface area contributed by atoms with Crippen LogP contribution in [0.2, 0.25) is 0 Å². The van der Waals surface area contributed by atoms with Crippen LogP contribution in [0.5, 0.6) is 0 Å². The first-order valence-corrected chi connectivity index (χ1v) is 5.46. The van der Waals surface area contributed by atoms with Gasteiger partial charge >= 0.3 is 5.63 Å². The Morgan fingerprint density at radius 1 is 1.33 bits per heavy atom. The summed E-state index contributed by atoms with van der Waals surface area (Å²) in [6, 6.07) is 5.29. The highest BCUT2D eigenvalue weighted by atomic mass is 16.4. The quantitative estimate of drug-likeness (QED) is 0.809. The minimum absolute atomic E-state index is 0.228. The topological polar surface area (TPSA) is 76.5 Å². The molecule has 1 amide bonds. The van der Waals surface area contributed by atoms with Gasteiger partial charge in [0.25, 0.3) is 0 Å². The molecule has 1 aromatic heterocycles. The van der Waals surface area contributed by atoms with Gasteiger partial charge in [0.05, 0.1) is 5.56 Å². The molecule has 0 radical (unpaired) electrons. The van der Waals surface area contributed by atoms with Crippen molar-refractivity contribution < 1.29 is 9.21 Å². The summed E-state index contributed by atoms with van der Waals surface area (Å²) in [6.07, 6.45) is 0. The van der Waals surface area contributed by atoms with Crippen molar-refractivity contribution in [3.8, 4) is 0 Å². The van der Waals surface area contributed by atoms with Crippen molar-refractivity contribution in [2.45, 2.75) is 6.92 Å². The lowest BCUT2D eigenvalue weighted by Crippen LogP contribution is -2.18. The SMILES string of the molecule is Cc1c(C(N)=O)c2ccc(N(C)C)cc2oc1=O. The van der Waals surface area contributed by atoms with Gasteiger partial charge in [-0.05, 0) is 19.1 Å². The van der Waals surface area contributed by atoms with Crippen LogP contribution in [0.1, 0.15) is 15.9 Å². The molecule has 0 aliphatic rings. The van der Waals surface area contributed by atoms with Crippen molar-refractivity contribution in [3.05, 3.63) is 39.7 Å². The lowest BCUT2D eigenvalue weighted by molar-refractivity contribution is 0.100. The third-order valence-corrected chi connectivity index (χ3v) is 2.88. The van der Waals surface area contributed by atoms with Gasteiger partial charge in [0.2, 0.25) is 5.91 Å². The van der Waals surface area contributed by atoms with Crippen molar-refractivity contribution >= 4 is 22.6 Å². The van der Waals surface area contributed by atoms with Gasteiger partial charge in [-0.15, -0.1) is 0 Å². The van der Waals surface area contributed by atoms with E-state index in [1.807, 2.05) is 25.1 Å². The molecule has 0 aliphatic carbocycles. The summed E-state index contributed by atoms with van der Waals surface area (Å²) >= 11 is 0. The van der Waals surface area contributed by atoms with Crippen LogP contribution in [0.25, 0.3) is 11.0 Å². The fourth-order valence-corrected chi connectivity index (χ4v) is 1.88. The summed E-state index contributed by atoms with van der Waals surface area (Å²) in [7, 11) is 3.75. The van der Waals surface area contributed by atoms with Gasteiger partial charge in [-0.1, -0.05) is 0 Å². The van der Waals surface area contributed by atoms with Gasteiger partial charge in [0, 0.05) is 36.8 Å². The molecule has 1 heterocycles. The van der Waals surface area contributed by atoms with Crippen LogP contribution in [0.4, 0.5) is 5.69 Å². The van der Waals surface area contributed by atoms with E-state index in [1.54, 1.807) is 12.1 Å². The van der Waals surface area contributed by atoms with Gasteiger partial charge in [0.15, 0.2) is 0 Å². The molecular formula is C13H14N2O3. The third kappa shape index (κ3) is 1.84. The molecule has 0 fully saturated rings. The van der Waals surface area contributed by atoms with Gasteiger partial charge in [-0.3, -0.25) is 4.79 Å². The number of primary amides is 1. The standard InChI is InChI=1S/C13H14N2O3/c1-7-11(12(14)16)9-5-4-8(15(2)3)6-10(9)18-13(7)17/h4-6H,1-3H3,(H2,14,16). The van der Waals surface area contributed by atoms with E-state index in [2.05, 4.69) is 0 Å². The molecule has 0 atom stereocenters. The predicted molar refractivity (Wildman–Crippen MR) is 70.1 cm³/mol. The first-order chi connectivity index (χ1) is 8.41. The van der Waals surface area contributed by atoms with E-state index in [0.29, 0.717) is 11.0 Å². The van der Waals surface area contributed by atoms with Gasteiger partial charge < -0.3 is 15.1 Å². The number of amides is 1. The summed E-state index contributed by atoms with van der Waals surface area (Å²) in [4.78, 5) is 25.0. The van der Waals surface area contributed by atoms with E-state index >= 15 is 0 Å². The van der Waals surface area contributed by atoms with Gasteiger partial charge in [0.1, 0.15) is 5.58 Å². The Bertz CT molecular complexity index is 686. The molecule has 0 spiro atoms. The van der Waals surface area contributed by atoms with Crippen LogP contribution in [0, 0.1) is 6.92 Å². The molecule has 0 aliphatic heterocycles. The van der Waals surface area contributed by atoms with Crippen LogP contribution >= 0.6 is 0 Å². The number of anilines is 1. The largest absolute Gasteiger partial charge is 0.422 e. The maximum Gasteiger partial charge on any atom is 0.339 e. The number of carbonyl (C=O) groups is 1. The molecule has 2 aromatic rings. The fraction of sp³-hybridized carbons (Fsp3) is 0.231. The molecule has 2 N–H and O–H groups in total. The zero-order chi connectivity index (χ0) is 13.4. The van der Waals surface area contributed by atoms with Crippen molar-refractivity contribution in [3.63, 3.8) is 0 Å². The Hall–Kier alpha value is -2.30. The molecule has 0 saturated heterocycles. The van der Waals surface area contributed by atoms with Crippen molar-refractivity contribution in [1.82, 2.24) is 0 Å². The number of benzene rings is 1. The Morgan fingerprint density at radius 3 is 2.56 bits per heavy atom. The van der Waals surface area contributed by atoms with Crippen LogP contribution in [-0.2, 0) is 0 Å². The van der Waals surface area contributed by atoms with E-state index in [-0.39, 0.29) is 11.1 Å². The minimum Gasteiger partial charge on any atom is -0.422 e. The van der Waals surface area contributed by atoms with E-state index in [9.17, 15) is 9.59 Å². The van der Waals surface area contributed by atoms with E-state index in [0.717, 1.165) is 5.69 Å². The van der Waals surface area contributed by atoms with E-state index < -0.39 is 11.5 Å². The summed E-state index contributed by atoms with van der Waals surface area (Å²) in [5.74, 6) is -0.622. The second-order valence-corrected chi connectivity index (χ2v) is 4.33. The zero-order valence-corrected chi connectivity index (χ0v) is 10.5. The molecule has 5 heteroatoms. The molecule has 0 unspecified atom stereocenters. The number of nitrogens with two attached hydrogens (primary N) is 1. The van der Waals surface area contributed by atoms with Crippen LogP contribution in [0.15, 0.2) is 27.4 Å². The highest BCUT2D eigenvalue weighted by Gasteiger charge is 2.15. The highest BCUT2D eigenvalue weighted by molar-refractivity contribution is 6.06. The van der Waals surface area contributed by atoms with Crippen molar-refractivity contribution in [1.29, 1.82) is 0 Å². The fourth-order valence-electron chi connectivity index (χ4n) is 1.88. The van der Waals surface area contributed by atoms with Crippen molar-refractivity contribution in [2.75, 3.05) is 19.0 Å². The zero-order valence-electron chi connectivity index (χ0n) is 10.5. The molecular weight excluding hydrogens is 232 g/mol. The Balaban J connectivity index is 2.87. The Morgan fingerprint density at radius 2 is 2.00 bits per heavy atom. The number of nitrogens with zero attached hydrogens (tertiary/aromatic N) is 1. The van der Waals surface area contributed by atoms with Gasteiger partial charge in [-0.25, -0.2) is 4.79 Å². The predicted octanol–water partition coefficient (Wildman–Crippen LogP) is 1.27. The Labute approximate surface area is 104 Å². The lowest BCUT2D eigenvalue weighted by Gasteiger charge is -2.13.